The van der Waals surface area contributed by atoms with Crippen molar-refractivity contribution in [3.8, 4) is 5.75 Å². The van der Waals surface area contributed by atoms with Crippen LogP contribution in [-0.4, -0.2) is 40.2 Å². The summed E-state index contributed by atoms with van der Waals surface area (Å²) in [7, 11) is 0. The number of hydrogen-bond acceptors (Lipinski definition) is 5. The monoisotopic (exact) mass is 478 g/mol. The number of ether oxygens (including phenoxy) is 1. The lowest BCUT2D eigenvalue weighted by Crippen LogP contribution is -2.48. The minimum atomic E-state index is -0.623. The molecule has 7 nitrogen and oxygen atoms in total. The van der Waals surface area contributed by atoms with Crippen LogP contribution in [0.1, 0.15) is 101 Å². The number of amides is 1. The predicted octanol–water partition coefficient (Wildman–Crippen LogP) is 6.49. The van der Waals surface area contributed by atoms with E-state index in [1.807, 2.05) is 0 Å². The SMILES string of the molecule is CC(=O)c1cc(OCCCCC(=O)N(C2CCCCC2)C2CCCCC2)c(Cl)cc1[N+](=O)[O-]. The number of carbonyl (C=O) groups is 2. The van der Waals surface area contributed by atoms with E-state index >= 15 is 0 Å². The third-order valence-corrected chi connectivity index (χ3v) is 7.19. The fourth-order valence-corrected chi connectivity index (χ4v) is 5.41. The lowest BCUT2D eigenvalue weighted by molar-refractivity contribution is -0.385. The van der Waals surface area contributed by atoms with Gasteiger partial charge in [0, 0.05) is 24.6 Å². The van der Waals surface area contributed by atoms with E-state index in [0.717, 1.165) is 31.7 Å². The highest BCUT2D eigenvalue weighted by molar-refractivity contribution is 6.32. The Morgan fingerprint density at radius 1 is 1.03 bits per heavy atom. The van der Waals surface area contributed by atoms with Crippen LogP contribution in [0, 0.1) is 10.1 Å². The van der Waals surface area contributed by atoms with Crippen molar-refractivity contribution in [3.05, 3.63) is 32.8 Å². The highest BCUT2D eigenvalue weighted by Crippen LogP contribution is 2.33. The molecule has 0 atom stereocenters. The third kappa shape index (κ3) is 6.92. The van der Waals surface area contributed by atoms with Crippen LogP contribution in [0.2, 0.25) is 5.02 Å². The van der Waals surface area contributed by atoms with E-state index in [1.165, 1.54) is 51.5 Å². The zero-order valence-corrected chi connectivity index (χ0v) is 20.3. The normalized spacial score (nSPS) is 17.5. The van der Waals surface area contributed by atoms with Crippen LogP contribution >= 0.6 is 11.6 Å². The Kier molecular flexibility index (Phi) is 9.53. The predicted molar refractivity (Wildman–Crippen MR) is 128 cm³/mol. The maximum atomic E-state index is 13.2. The standard InChI is InChI=1S/C25H35ClN2O5/c1-18(29)21-16-24(22(26)17-23(21)28(31)32)33-15-9-8-14-25(30)27(19-10-4-2-5-11-19)20-12-6-3-7-13-20/h16-17,19-20H,2-15H2,1H3. The number of Topliss-reactive ketones (excluding diaryl/α,β-unsaturated/α-hetero) is 1. The van der Waals surface area contributed by atoms with Gasteiger partial charge in [-0.1, -0.05) is 50.1 Å². The first-order valence-corrected chi connectivity index (χ1v) is 12.7. The first-order valence-electron chi connectivity index (χ1n) is 12.3. The number of nitro groups is 1. The second-order valence-corrected chi connectivity index (χ2v) is 9.71. The van der Waals surface area contributed by atoms with Gasteiger partial charge < -0.3 is 9.64 Å². The summed E-state index contributed by atoms with van der Waals surface area (Å²) in [5.41, 5.74) is -0.346. The Balaban J connectivity index is 1.53. The lowest BCUT2D eigenvalue weighted by atomic mass is 9.88. The summed E-state index contributed by atoms with van der Waals surface area (Å²) in [5.74, 6) is 0.102. The number of ketones is 1. The molecule has 2 fully saturated rings. The number of unbranched alkanes of at least 4 members (excludes halogenated alkanes) is 1. The molecular formula is C25H35ClN2O5. The lowest BCUT2D eigenvalue weighted by Gasteiger charge is -2.42. The molecule has 0 aromatic heterocycles. The highest BCUT2D eigenvalue weighted by atomic mass is 35.5. The summed E-state index contributed by atoms with van der Waals surface area (Å²) in [4.78, 5) is 37.8. The smallest absolute Gasteiger partial charge is 0.281 e. The van der Waals surface area contributed by atoms with E-state index in [4.69, 9.17) is 16.3 Å². The summed E-state index contributed by atoms with van der Waals surface area (Å²) in [6.07, 6.45) is 13.8. The van der Waals surface area contributed by atoms with Crippen molar-refractivity contribution in [2.24, 2.45) is 0 Å². The number of nitrogens with zero attached hydrogens (tertiary/aromatic N) is 2. The van der Waals surface area contributed by atoms with Crippen molar-refractivity contribution < 1.29 is 19.2 Å². The highest BCUT2D eigenvalue weighted by Gasteiger charge is 2.32. The van der Waals surface area contributed by atoms with Gasteiger partial charge in [0.1, 0.15) is 5.75 Å². The topological polar surface area (TPSA) is 89.8 Å². The van der Waals surface area contributed by atoms with Crippen molar-refractivity contribution >= 4 is 29.0 Å². The Hall–Kier alpha value is -2.15. The number of rotatable bonds is 10. The molecule has 1 amide bonds. The molecule has 0 heterocycles. The Labute approximate surface area is 201 Å². The van der Waals surface area contributed by atoms with E-state index in [-0.39, 0.29) is 27.9 Å². The van der Waals surface area contributed by atoms with Gasteiger partial charge in [0.2, 0.25) is 5.91 Å². The van der Waals surface area contributed by atoms with Crippen molar-refractivity contribution in [1.29, 1.82) is 0 Å². The minimum Gasteiger partial charge on any atom is -0.492 e. The molecule has 8 heteroatoms. The fraction of sp³-hybridized carbons (Fsp3) is 0.680. The van der Waals surface area contributed by atoms with Gasteiger partial charge in [0.15, 0.2) is 5.78 Å². The quantitative estimate of drug-likeness (QED) is 0.166. The second kappa shape index (κ2) is 12.4. The van der Waals surface area contributed by atoms with Crippen LogP contribution in [0.4, 0.5) is 5.69 Å². The summed E-state index contributed by atoms with van der Waals surface area (Å²) >= 11 is 6.13. The molecular weight excluding hydrogens is 444 g/mol. The minimum absolute atomic E-state index is 0.0230. The fourth-order valence-electron chi connectivity index (χ4n) is 5.20. The van der Waals surface area contributed by atoms with Crippen molar-refractivity contribution in [2.75, 3.05) is 6.61 Å². The number of hydrogen-bond donors (Lipinski definition) is 0. The number of carbonyl (C=O) groups excluding carboxylic acids is 2. The molecule has 0 aliphatic heterocycles. The average Bonchev–Trinajstić information content (AvgIpc) is 2.81. The molecule has 182 valence electrons. The summed E-state index contributed by atoms with van der Waals surface area (Å²) < 4.78 is 5.71. The van der Waals surface area contributed by atoms with E-state index in [2.05, 4.69) is 4.90 Å². The largest absolute Gasteiger partial charge is 0.492 e. The molecule has 1 aromatic rings. The van der Waals surface area contributed by atoms with Crippen LogP contribution in [0.15, 0.2) is 12.1 Å². The van der Waals surface area contributed by atoms with Crippen LogP contribution in [0.25, 0.3) is 0 Å². The molecule has 2 saturated carbocycles. The van der Waals surface area contributed by atoms with Crippen molar-refractivity contribution in [1.82, 2.24) is 4.90 Å². The number of benzene rings is 1. The zero-order chi connectivity index (χ0) is 23.8. The molecule has 2 aliphatic carbocycles. The van der Waals surface area contributed by atoms with Gasteiger partial charge >= 0.3 is 0 Å². The first-order chi connectivity index (χ1) is 15.9. The molecule has 3 rings (SSSR count). The maximum Gasteiger partial charge on any atom is 0.281 e. The van der Waals surface area contributed by atoms with E-state index < -0.39 is 10.7 Å². The number of halogens is 1. The maximum absolute atomic E-state index is 13.2. The molecule has 0 unspecified atom stereocenters. The van der Waals surface area contributed by atoms with Gasteiger partial charge in [0.25, 0.3) is 5.69 Å². The van der Waals surface area contributed by atoms with Gasteiger partial charge in [-0.15, -0.1) is 0 Å². The summed E-state index contributed by atoms with van der Waals surface area (Å²) in [6.45, 7) is 1.60. The summed E-state index contributed by atoms with van der Waals surface area (Å²) in [5, 5.41) is 11.3. The summed E-state index contributed by atoms with van der Waals surface area (Å²) in [6, 6.07) is 3.29. The molecule has 2 aliphatic rings. The molecule has 33 heavy (non-hydrogen) atoms. The zero-order valence-electron chi connectivity index (χ0n) is 19.5. The second-order valence-electron chi connectivity index (χ2n) is 9.30. The Morgan fingerprint density at radius 2 is 1.61 bits per heavy atom. The van der Waals surface area contributed by atoms with E-state index in [1.54, 1.807) is 0 Å². The van der Waals surface area contributed by atoms with Gasteiger partial charge in [-0.2, -0.15) is 0 Å². The van der Waals surface area contributed by atoms with Crippen LogP contribution < -0.4 is 4.74 Å². The van der Waals surface area contributed by atoms with Crippen LogP contribution in [-0.2, 0) is 4.79 Å². The van der Waals surface area contributed by atoms with Crippen molar-refractivity contribution in [3.63, 3.8) is 0 Å². The average molecular weight is 479 g/mol. The molecule has 0 saturated heterocycles. The first kappa shape index (κ1) is 25.5. The van der Waals surface area contributed by atoms with Gasteiger partial charge in [-0.3, -0.25) is 19.7 Å². The van der Waals surface area contributed by atoms with E-state index in [9.17, 15) is 19.7 Å². The van der Waals surface area contributed by atoms with Crippen LogP contribution in [0.3, 0.4) is 0 Å². The number of nitro benzene ring substituents is 1. The molecule has 1 aromatic carbocycles. The van der Waals surface area contributed by atoms with Gasteiger partial charge in [-0.05, 0) is 51.5 Å². The molecule has 0 bridgehead atoms. The van der Waals surface area contributed by atoms with Crippen LogP contribution in [0.5, 0.6) is 5.75 Å². The van der Waals surface area contributed by atoms with Crippen molar-refractivity contribution in [2.45, 2.75) is 102 Å². The molecule has 0 spiro atoms. The Morgan fingerprint density at radius 3 is 2.12 bits per heavy atom. The molecule has 0 radical (unpaired) electrons. The Bertz CT molecular complexity index is 829. The van der Waals surface area contributed by atoms with Gasteiger partial charge in [0.05, 0.1) is 22.1 Å². The third-order valence-electron chi connectivity index (χ3n) is 6.89. The van der Waals surface area contributed by atoms with Gasteiger partial charge in [-0.25, -0.2) is 0 Å². The van der Waals surface area contributed by atoms with E-state index in [0.29, 0.717) is 38.0 Å². The molecule has 0 N–H and O–H groups in total.